The second-order valence-electron chi connectivity index (χ2n) is 4.11. The molecule has 0 aliphatic heterocycles. The summed E-state index contributed by atoms with van der Waals surface area (Å²) >= 11 is 5.93. The summed E-state index contributed by atoms with van der Waals surface area (Å²) in [7, 11) is 1.82. The van der Waals surface area contributed by atoms with Crippen molar-refractivity contribution in [2.24, 2.45) is 7.05 Å². The summed E-state index contributed by atoms with van der Waals surface area (Å²) in [4.78, 5) is 11.2. The van der Waals surface area contributed by atoms with E-state index in [2.05, 4.69) is 10.4 Å². The van der Waals surface area contributed by atoms with Crippen molar-refractivity contribution in [2.75, 3.05) is 5.32 Å². The number of aromatic carboxylic acids is 1. The summed E-state index contributed by atoms with van der Waals surface area (Å²) in [5.41, 5.74) is 2.19. The molecule has 0 atom stereocenters. The van der Waals surface area contributed by atoms with Gasteiger partial charge in [-0.1, -0.05) is 24.6 Å². The van der Waals surface area contributed by atoms with Crippen LogP contribution in [0.5, 0.6) is 0 Å². The molecule has 0 amide bonds. The molecule has 2 aromatic rings. The number of nitrogens with one attached hydrogen (secondary N) is 1. The molecule has 0 saturated carbocycles. The van der Waals surface area contributed by atoms with E-state index < -0.39 is 5.97 Å². The van der Waals surface area contributed by atoms with Gasteiger partial charge in [-0.15, -0.1) is 0 Å². The Morgan fingerprint density at radius 3 is 2.84 bits per heavy atom. The van der Waals surface area contributed by atoms with Gasteiger partial charge in [-0.2, -0.15) is 5.10 Å². The van der Waals surface area contributed by atoms with Crippen LogP contribution in [0, 0.1) is 0 Å². The quantitative estimate of drug-likeness (QED) is 0.902. The molecule has 100 valence electrons. The van der Waals surface area contributed by atoms with Crippen molar-refractivity contribution in [1.82, 2.24) is 9.78 Å². The molecule has 6 heteroatoms. The Balaban J connectivity index is 2.43. The molecule has 1 aromatic heterocycles. The van der Waals surface area contributed by atoms with E-state index in [0.29, 0.717) is 5.69 Å². The van der Waals surface area contributed by atoms with Crippen LogP contribution in [0.2, 0.25) is 5.02 Å². The average molecular weight is 280 g/mol. The molecule has 2 rings (SSSR count). The van der Waals surface area contributed by atoms with Crippen LogP contribution in [0.3, 0.4) is 0 Å². The van der Waals surface area contributed by atoms with Crippen LogP contribution >= 0.6 is 11.6 Å². The van der Waals surface area contributed by atoms with E-state index in [9.17, 15) is 9.90 Å². The fourth-order valence-corrected chi connectivity index (χ4v) is 2.15. The molecule has 0 radical (unpaired) electrons. The number of carboxylic acids is 1. The normalized spacial score (nSPS) is 10.5. The van der Waals surface area contributed by atoms with E-state index in [4.69, 9.17) is 11.6 Å². The zero-order chi connectivity index (χ0) is 14.0. The van der Waals surface area contributed by atoms with Crippen molar-refractivity contribution in [2.45, 2.75) is 13.3 Å². The molecule has 0 spiro atoms. The smallest absolute Gasteiger partial charge is 0.339 e. The Morgan fingerprint density at radius 1 is 1.47 bits per heavy atom. The van der Waals surface area contributed by atoms with E-state index in [0.717, 1.165) is 17.8 Å². The zero-order valence-electron chi connectivity index (χ0n) is 10.6. The number of benzene rings is 1. The van der Waals surface area contributed by atoms with Crippen LogP contribution in [-0.2, 0) is 13.5 Å². The number of aromatic nitrogens is 2. The first-order chi connectivity index (χ1) is 9.02. The highest BCUT2D eigenvalue weighted by molar-refractivity contribution is 6.34. The Morgan fingerprint density at radius 2 is 2.21 bits per heavy atom. The van der Waals surface area contributed by atoms with E-state index in [1.54, 1.807) is 22.9 Å². The lowest BCUT2D eigenvalue weighted by molar-refractivity contribution is 0.0698. The highest BCUT2D eigenvalue weighted by Gasteiger charge is 2.16. The number of carboxylic acid groups (broad SMARTS) is 1. The Kier molecular flexibility index (Phi) is 3.76. The van der Waals surface area contributed by atoms with Gasteiger partial charge in [-0.3, -0.25) is 4.68 Å². The number of carbonyl (C=O) groups is 1. The number of anilines is 2. The summed E-state index contributed by atoms with van der Waals surface area (Å²) in [6.45, 7) is 1.99. The molecule has 1 heterocycles. The van der Waals surface area contributed by atoms with E-state index >= 15 is 0 Å². The maximum absolute atomic E-state index is 11.2. The minimum Gasteiger partial charge on any atom is -0.478 e. The monoisotopic (exact) mass is 279 g/mol. The molecular formula is C13H14ClN3O2. The third-order valence-electron chi connectivity index (χ3n) is 2.74. The van der Waals surface area contributed by atoms with Gasteiger partial charge in [-0.25, -0.2) is 4.79 Å². The van der Waals surface area contributed by atoms with Gasteiger partial charge in [-0.05, 0) is 18.6 Å². The molecule has 0 saturated heterocycles. The van der Waals surface area contributed by atoms with E-state index in [-0.39, 0.29) is 10.6 Å². The highest BCUT2D eigenvalue weighted by atomic mass is 35.5. The minimum atomic E-state index is -1.06. The third kappa shape index (κ3) is 2.71. The number of rotatable bonds is 4. The Hall–Kier alpha value is -2.01. The standard InChI is InChI=1S/C13H14ClN3O2/c1-3-9-11(7-17(2)16-9)15-10-6-4-5-8(14)12(10)13(18)19/h4-7,15H,3H2,1-2H3,(H,18,19). The van der Waals surface area contributed by atoms with Crippen molar-refractivity contribution in [1.29, 1.82) is 0 Å². The van der Waals surface area contributed by atoms with Crippen molar-refractivity contribution >= 4 is 28.9 Å². The van der Waals surface area contributed by atoms with Gasteiger partial charge < -0.3 is 10.4 Å². The molecule has 2 N–H and O–H groups in total. The molecular weight excluding hydrogens is 266 g/mol. The molecule has 0 aliphatic rings. The summed E-state index contributed by atoms with van der Waals surface area (Å²) < 4.78 is 1.69. The number of hydrogen-bond donors (Lipinski definition) is 2. The molecule has 0 aliphatic carbocycles. The first kappa shape index (κ1) is 13.4. The lowest BCUT2D eigenvalue weighted by Crippen LogP contribution is -2.04. The number of halogens is 1. The number of nitrogens with zero attached hydrogens (tertiary/aromatic N) is 2. The lowest BCUT2D eigenvalue weighted by atomic mass is 10.1. The second kappa shape index (κ2) is 5.32. The predicted molar refractivity (Wildman–Crippen MR) is 74.3 cm³/mol. The van der Waals surface area contributed by atoms with Crippen LogP contribution in [0.15, 0.2) is 24.4 Å². The Bertz CT molecular complexity index is 622. The van der Waals surface area contributed by atoms with Gasteiger partial charge in [0.05, 0.1) is 22.1 Å². The van der Waals surface area contributed by atoms with Crippen molar-refractivity contribution in [3.63, 3.8) is 0 Å². The van der Waals surface area contributed by atoms with Crippen molar-refractivity contribution in [3.8, 4) is 0 Å². The molecule has 5 nitrogen and oxygen atoms in total. The third-order valence-corrected chi connectivity index (χ3v) is 3.05. The molecule has 1 aromatic carbocycles. The van der Waals surface area contributed by atoms with Gasteiger partial charge in [0.25, 0.3) is 0 Å². The van der Waals surface area contributed by atoms with Gasteiger partial charge >= 0.3 is 5.97 Å². The van der Waals surface area contributed by atoms with Crippen molar-refractivity contribution < 1.29 is 9.90 Å². The van der Waals surface area contributed by atoms with Gasteiger partial charge in [0.15, 0.2) is 0 Å². The number of hydrogen-bond acceptors (Lipinski definition) is 3. The van der Waals surface area contributed by atoms with Crippen LogP contribution in [-0.4, -0.2) is 20.9 Å². The average Bonchev–Trinajstić information content (AvgIpc) is 2.69. The molecule has 0 bridgehead atoms. The minimum absolute atomic E-state index is 0.0649. The van der Waals surface area contributed by atoms with Gasteiger partial charge in [0.2, 0.25) is 0 Å². The largest absolute Gasteiger partial charge is 0.478 e. The van der Waals surface area contributed by atoms with Gasteiger partial charge in [0, 0.05) is 13.2 Å². The number of aryl methyl sites for hydroxylation is 2. The zero-order valence-corrected chi connectivity index (χ0v) is 11.4. The van der Waals surface area contributed by atoms with Gasteiger partial charge in [0.1, 0.15) is 5.56 Å². The first-order valence-electron chi connectivity index (χ1n) is 5.84. The lowest BCUT2D eigenvalue weighted by Gasteiger charge is -2.10. The van der Waals surface area contributed by atoms with Crippen LogP contribution in [0.4, 0.5) is 11.4 Å². The van der Waals surface area contributed by atoms with Crippen LogP contribution in [0.25, 0.3) is 0 Å². The maximum Gasteiger partial charge on any atom is 0.339 e. The fourth-order valence-electron chi connectivity index (χ4n) is 1.89. The maximum atomic E-state index is 11.2. The van der Waals surface area contributed by atoms with E-state index in [1.807, 2.05) is 20.2 Å². The summed E-state index contributed by atoms with van der Waals surface area (Å²) in [5.74, 6) is -1.06. The molecule has 19 heavy (non-hydrogen) atoms. The van der Waals surface area contributed by atoms with Crippen LogP contribution in [0.1, 0.15) is 23.0 Å². The summed E-state index contributed by atoms with van der Waals surface area (Å²) in [5, 5.41) is 16.8. The molecule has 0 unspecified atom stereocenters. The highest BCUT2D eigenvalue weighted by Crippen LogP contribution is 2.28. The van der Waals surface area contributed by atoms with E-state index in [1.165, 1.54) is 0 Å². The topological polar surface area (TPSA) is 67.2 Å². The summed E-state index contributed by atoms with van der Waals surface area (Å²) in [6.07, 6.45) is 2.57. The second-order valence-corrected chi connectivity index (χ2v) is 4.52. The summed E-state index contributed by atoms with van der Waals surface area (Å²) in [6, 6.07) is 4.95. The van der Waals surface area contributed by atoms with Crippen molar-refractivity contribution in [3.05, 3.63) is 40.7 Å². The SMILES string of the molecule is CCc1nn(C)cc1Nc1cccc(Cl)c1C(=O)O. The fraction of sp³-hybridized carbons (Fsp3) is 0.231. The van der Waals surface area contributed by atoms with Crippen LogP contribution < -0.4 is 5.32 Å². The Labute approximate surface area is 115 Å². The predicted octanol–water partition coefficient (Wildman–Crippen LogP) is 3.08. The molecule has 0 fully saturated rings. The first-order valence-corrected chi connectivity index (χ1v) is 6.22.